The summed E-state index contributed by atoms with van der Waals surface area (Å²) in [5.74, 6) is -1.66. The minimum atomic E-state index is -0.886. The molecule has 0 bridgehead atoms. The van der Waals surface area contributed by atoms with Gasteiger partial charge in [0.2, 0.25) is 5.95 Å². The zero-order valence-electron chi connectivity index (χ0n) is 23.8. The predicted molar refractivity (Wildman–Crippen MR) is 159 cm³/mol. The van der Waals surface area contributed by atoms with E-state index >= 15 is 0 Å². The molecule has 0 saturated heterocycles. The second kappa shape index (κ2) is 13.8. The number of rotatable bonds is 10. The molecule has 2 heterocycles. The smallest absolute Gasteiger partial charge is 0.256 e. The van der Waals surface area contributed by atoms with Crippen molar-refractivity contribution < 1.29 is 13.9 Å². The topological polar surface area (TPSA) is 83.3 Å². The fraction of sp³-hybridized carbons (Fsp3) is 0.323. The van der Waals surface area contributed by atoms with Crippen LogP contribution in [0.1, 0.15) is 45.2 Å². The van der Waals surface area contributed by atoms with Crippen molar-refractivity contribution in [3.05, 3.63) is 88.2 Å². The number of aromatic nitrogens is 3. The zero-order valence-corrected chi connectivity index (χ0v) is 23.8. The Hall–Kier alpha value is -4.11. The van der Waals surface area contributed by atoms with E-state index in [0.29, 0.717) is 28.8 Å². The van der Waals surface area contributed by atoms with E-state index in [1.54, 1.807) is 18.2 Å². The lowest BCUT2D eigenvalue weighted by Gasteiger charge is -2.18. The molecule has 2 aromatic heterocycles. The van der Waals surface area contributed by atoms with E-state index in [0.717, 1.165) is 48.3 Å². The zero-order chi connectivity index (χ0) is 29.4. The first-order valence-corrected chi connectivity index (χ1v) is 13.6. The molecular weight excluding hydrogens is 512 g/mol. The molecule has 4 rings (SSSR count). The van der Waals surface area contributed by atoms with Crippen molar-refractivity contribution >= 4 is 22.7 Å². The minimum Gasteiger partial charge on any atom is -0.508 e. The van der Waals surface area contributed by atoms with E-state index in [9.17, 15) is 18.7 Å². The largest absolute Gasteiger partial charge is 0.508 e. The van der Waals surface area contributed by atoms with Crippen LogP contribution in [-0.2, 0) is 0 Å². The van der Waals surface area contributed by atoms with Crippen LogP contribution in [0.5, 0.6) is 0 Å². The van der Waals surface area contributed by atoms with Crippen molar-refractivity contribution in [3.63, 3.8) is 0 Å². The highest BCUT2D eigenvalue weighted by molar-refractivity contribution is 5.93. The summed E-state index contributed by atoms with van der Waals surface area (Å²) in [6, 6.07) is 11.5. The standard InChI is InChI=1S/C29H31F2N5O2.C2H6/c1-5-35(6-2)16-8-15-32-29-33-26(22-17-20(19(4)37)12-11-18(22)3)21-13-14-25(38)36(28(21)34-29)27-23(30)9-7-10-24(27)31;1-2/h7,9-14,17,37H,4-6,8,15-16H2,1-3H3,(H,32,33,34);1-2H3. The highest BCUT2D eigenvalue weighted by atomic mass is 19.1. The Morgan fingerprint density at radius 2 is 1.73 bits per heavy atom. The Morgan fingerprint density at radius 3 is 2.35 bits per heavy atom. The van der Waals surface area contributed by atoms with Gasteiger partial charge in [-0.3, -0.25) is 9.36 Å². The first-order chi connectivity index (χ1) is 19.2. The van der Waals surface area contributed by atoms with Crippen LogP contribution in [0.25, 0.3) is 33.7 Å². The maximum Gasteiger partial charge on any atom is 0.256 e. The molecule has 0 unspecified atom stereocenters. The summed E-state index contributed by atoms with van der Waals surface area (Å²) in [7, 11) is 0. The van der Waals surface area contributed by atoms with Gasteiger partial charge >= 0.3 is 0 Å². The van der Waals surface area contributed by atoms with Crippen molar-refractivity contribution in [1.29, 1.82) is 0 Å². The maximum atomic E-state index is 14.9. The Balaban J connectivity index is 0.00000216. The summed E-state index contributed by atoms with van der Waals surface area (Å²) >= 11 is 0. The normalized spacial score (nSPS) is 10.9. The molecule has 4 aromatic rings. The number of nitrogens with one attached hydrogen (secondary N) is 1. The van der Waals surface area contributed by atoms with Gasteiger partial charge in [-0.05, 0) is 62.8 Å². The molecule has 9 heteroatoms. The number of nitrogens with zero attached hydrogens (tertiary/aromatic N) is 4. The molecule has 0 aliphatic carbocycles. The van der Waals surface area contributed by atoms with E-state index in [4.69, 9.17) is 4.98 Å². The van der Waals surface area contributed by atoms with Crippen LogP contribution in [0.4, 0.5) is 14.7 Å². The Bertz CT molecular complexity index is 1530. The molecule has 0 atom stereocenters. The van der Waals surface area contributed by atoms with Gasteiger partial charge in [0.1, 0.15) is 23.1 Å². The number of pyridine rings is 1. The Labute approximate surface area is 233 Å². The molecule has 7 nitrogen and oxygen atoms in total. The highest BCUT2D eigenvalue weighted by Gasteiger charge is 2.20. The average molecular weight is 550 g/mol. The van der Waals surface area contributed by atoms with Crippen LogP contribution >= 0.6 is 0 Å². The molecule has 2 N–H and O–H groups in total. The number of hydrogen-bond donors (Lipinski definition) is 2. The first kappa shape index (κ1) is 30.4. The molecule has 0 spiro atoms. The number of aliphatic hydroxyl groups is 1. The number of fused-ring (bicyclic) bond motifs is 1. The third kappa shape index (κ3) is 6.54. The summed E-state index contributed by atoms with van der Waals surface area (Å²) in [4.78, 5) is 24.6. The number of aliphatic hydroxyl groups excluding tert-OH is 1. The number of aryl methyl sites for hydroxylation is 1. The molecular formula is C31H37F2N5O2. The lowest BCUT2D eigenvalue weighted by atomic mass is 9.99. The molecule has 0 fully saturated rings. The van der Waals surface area contributed by atoms with Gasteiger partial charge in [0, 0.05) is 29.1 Å². The van der Waals surface area contributed by atoms with E-state index in [-0.39, 0.29) is 17.4 Å². The van der Waals surface area contributed by atoms with Gasteiger partial charge < -0.3 is 15.3 Å². The molecule has 0 radical (unpaired) electrons. The summed E-state index contributed by atoms with van der Waals surface area (Å²) in [6.07, 6.45) is 0.820. The van der Waals surface area contributed by atoms with E-state index < -0.39 is 22.9 Å². The second-order valence-corrected chi connectivity index (χ2v) is 8.99. The molecule has 0 aliphatic heterocycles. The monoisotopic (exact) mass is 549 g/mol. The van der Waals surface area contributed by atoms with Crippen LogP contribution in [-0.4, -0.2) is 50.7 Å². The summed E-state index contributed by atoms with van der Waals surface area (Å²) < 4.78 is 30.7. The number of halogens is 2. The SMILES string of the molecule is C=C(O)c1ccc(C)c(-c2nc(NCCCN(CC)CC)nc3c2ccc(=O)n3-c2c(F)cccc2F)c1.CC. The van der Waals surface area contributed by atoms with Crippen LogP contribution < -0.4 is 10.9 Å². The van der Waals surface area contributed by atoms with Gasteiger partial charge in [-0.25, -0.2) is 13.8 Å². The second-order valence-electron chi connectivity index (χ2n) is 8.99. The van der Waals surface area contributed by atoms with Crippen molar-refractivity contribution in [2.75, 3.05) is 31.5 Å². The van der Waals surface area contributed by atoms with Gasteiger partial charge in [-0.1, -0.05) is 52.5 Å². The van der Waals surface area contributed by atoms with Crippen molar-refractivity contribution in [2.24, 2.45) is 0 Å². The molecule has 212 valence electrons. The number of benzene rings is 2. The third-order valence-corrected chi connectivity index (χ3v) is 6.57. The van der Waals surface area contributed by atoms with Gasteiger partial charge in [-0.15, -0.1) is 0 Å². The summed E-state index contributed by atoms with van der Waals surface area (Å²) in [5.41, 5.74) is 1.38. The van der Waals surface area contributed by atoms with Crippen LogP contribution in [0.15, 0.2) is 59.9 Å². The Morgan fingerprint density at radius 1 is 1.05 bits per heavy atom. The number of para-hydroxylation sites is 1. The fourth-order valence-electron chi connectivity index (χ4n) is 4.42. The highest BCUT2D eigenvalue weighted by Crippen LogP contribution is 2.32. The van der Waals surface area contributed by atoms with Gasteiger partial charge in [0.05, 0.1) is 5.69 Å². The average Bonchev–Trinajstić information content (AvgIpc) is 2.95. The number of anilines is 1. The van der Waals surface area contributed by atoms with Crippen LogP contribution in [0.2, 0.25) is 0 Å². The van der Waals surface area contributed by atoms with Crippen LogP contribution in [0, 0.1) is 18.6 Å². The maximum absolute atomic E-state index is 14.9. The first-order valence-electron chi connectivity index (χ1n) is 13.6. The molecule has 2 aromatic carbocycles. The van der Waals surface area contributed by atoms with Gasteiger partial charge in [0.15, 0.2) is 5.65 Å². The van der Waals surface area contributed by atoms with Crippen molar-refractivity contribution in [2.45, 2.75) is 41.0 Å². The fourth-order valence-corrected chi connectivity index (χ4v) is 4.42. The van der Waals surface area contributed by atoms with Gasteiger partial charge in [0.25, 0.3) is 5.56 Å². The van der Waals surface area contributed by atoms with E-state index in [1.807, 2.05) is 26.8 Å². The van der Waals surface area contributed by atoms with E-state index in [2.05, 4.69) is 35.6 Å². The third-order valence-electron chi connectivity index (χ3n) is 6.57. The Kier molecular flexibility index (Phi) is 10.5. The van der Waals surface area contributed by atoms with E-state index in [1.165, 1.54) is 12.1 Å². The lowest BCUT2D eigenvalue weighted by Crippen LogP contribution is -2.25. The molecule has 0 saturated carbocycles. The van der Waals surface area contributed by atoms with Crippen LogP contribution in [0.3, 0.4) is 0 Å². The molecule has 40 heavy (non-hydrogen) atoms. The molecule has 0 aliphatic rings. The lowest BCUT2D eigenvalue weighted by molar-refractivity contribution is 0.303. The predicted octanol–water partition coefficient (Wildman–Crippen LogP) is 6.73. The van der Waals surface area contributed by atoms with Crippen molar-refractivity contribution in [3.8, 4) is 16.9 Å². The van der Waals surface area contributed by atoms with Gasteiger partial charge in [-0.2, -0.15) is 4.98 Å². The quantitative estimate of drug-likeness (QED) is 0.169. The number of hydrogen-bond acceptors (Lipinski definition) is 6. The minimum absolute atomic E-state index is 0.0605. The van der Waals surface area contributed by atoms with Crippen molar-refractivity contribution in [1.82, 2.24) is 19.4 Å². The summed E-state index contributed by atoms with van der Waals surface area (Å²) in [5, 5.41) is 13.6. The molecule has 0 amide bonds. The summed E-state index contributed by atoms with van der Waals surface area (Å²) in [6.45, 7) is 17.0.